The minimum Gasteiger partial charge on any atom is -0.491 e. The van der Waals surface area contributed by atoms with E-state index >= 15 is 0 Å². The van der Waals surface area contributed by atoms with Crippen LogP contribution in [0.15, 0.2) is 35.1 Å². The molecule has 0 amide bonds. The molecule has 4 rings (SSSR count). The fourth-order valence-electron chi connectivity index (χ4n) is 10.2. The summed E-state index contributed by atoms with van der Waals surface area (Å²) in [5.74, 6) is 2.86. The fourth-order valence-corrected chi connectivity index (χ4v) is 10.2. The van der Waals surface area contributed by atoms with Crippen LogP contribution in [0, 0.1) is 45.8 Å². The first kappa shape index (κ1) is 29.4. The van der Waals surface area contributed by atoms with E-state index in [9.17, 15) is 9.90 Å². The standard InChI is InChI=1S/C34H54O4/c1-20(2)12-11-13-24(31(36)37-10)29-26-18-27(35)30-32(7)16-14-22(5)23(6)25(32)15-17-33(30,8)34(26,9)19-28(29)38-21(3)4/h12,22-23,25-28,30,35H,3,11,13-19H2,1-2,4-10H3/b29-24-/t22-,23+,25+,26+,27-,28?,30+,32+,33+,34+/m1/s1. The van der Waals surface area contributed by atoms with Crippen molar-refractivity contribution in [3.05, 3.63) is 35.1 Å². The van der Waals surface area contributed by atoms with Crippen LogP contribution in [0.1, 0.15) is 107 Å². The summed E-state index contributed by atoms with van der Waals surface area (Å²) in [6, 6.07) is 0. The predicted octanol–water partition coefficient (Wildman–Crippen LogP) is 8.02. The number of hydrogen-bond acceptors (Lipinski definition) is 4. The van der Waals surface area contributed by atoms with Gasteiger partial charge in [-0.2, -0.15) is 0 Å². The van der Waals surface area contributed by atoms with Crippen molar-refractivity contribution < 1.29 is 19.4 Å². The van der Waals surface area contributed by atoms with Gasteiger partial charge < -0.3 is 14.6 Å². The first-order chi connectivity index (χ1) is 17.7. The minimum absolute atomic E-state index is 0.0412. The van der Waals surface area contributed by atoms with Crippen LogP contribution >= 0.6 is 0 Å². The number of allylic oxidation sites excluding steroid dienone is 3. The summed E-state index contributed by atoms with van der Waals surface area (Å²) in [7, 11) is 1.48. The van der Waals surface area contributed by atoms with Gasteiger partial charge in [-0.25, -0.2) is 4.79 Å². The van der Waals surface area contributed by atoms with E-state index in [4.69, 9.17) is 9.47 Å². The van der Waals surface area contributed by atoms with Gasteiger partial charge in [0, 0.05) is 5.57 Å². The van der Waals surface area contributed by atoms with Crippen molar-refractivity contribution in [2.24, 2.45) is 45.8 Å². The van der Waals surface area contributed by atoms with Crippen LogP contribution in [0.3, 0.4) is 0 Å². The molecule has 0 heterocycles. The maximum absolute atomic E-state index is 13.3. The van der Waals surface area contributed by atoms with E-state index in [1.54, 1.807) is 0 Å². The molecule has 0 spiro atoms. The smallest absolute Gasteiger partial charge is 0.333 e. The van der Waals surface area contributed by atoms with Crippen molar-refractivity contribution in [2.45, 2.75) is 119 Å². The second-order valence-electron chi connectivity index (χ2n) is 14.5. The number of hydrogen-bond donors (Lipinski definition) is 1. The van der Waals surface area contributed by atoms with Gasteiger partial charge in [-0.3, -0.25) is 0 Å². The highest BCUT2D eigenvalue weighted by molar-refractivity contribution is 5.89. The molecule has 214 valence electrons. The molecular weight excluding hydrogens is 472 g/mol. The molecule has 4 aliphatic carbocycles. The van der Waals surface area contributed by atoms with Gasteiger partial charge in [0.25, 0.3) is 0 Å². The third-order valence-corrected chi connectivity index (χ3v) is 12.2. The van der Waals surface area contributed by atoms with E-state index < -0.39 is 0 Å². The average molecular weight is 527 g/mol. The third kappa shape index (κ3) is 4.51. The van der Waals surface area contributed by atoms with Gasteiger partial charge in [0.2, 0.25) is 0 Å². The Morgan fingerprint density at radius 2 is 1.79 bits per heavy atom. The van der Waals surface area contributed by atoms with Crippen LogP contribution in [0.5, 0.6) is 0 Å². The zero-order valence-corrected chi connectivity index (χ0v) is 25.7. The summed E-state index contributed by atoms with van der Waals surface area (Å²) in [4.78, 5) is 13.3. The lowest BCUT2D eigenvalue weighted by Crippen LogP contribution is -2.65. The zero-order chi connectivity index (χ0) is 28.2. The molecule has 0 aromatic rings. The van der Waals surface area contributed by atoms with E-state index in [0.29, 0.717) is 30.4 Å². The number of rotatable bonds is 6. The predicted molar refractivity (Wildman–Crippen MR) is 154 cm³/mol. The number of aliphatic hydroxyl groups excluding tert-OH is 1. The van der Waals surface area contributed by atoms with E-state index in [2.05, 4.69) is 61.1 Å². The summed E-state index contributed by atoms with van der Waals surface area (Å²) in [6.07, 6.45) is 9.35. The van der Waals surface area contributed by atoms with E-state index in [-0.39, 0.29) is 46.3 Å². The Morgan fingerprint density at radius 3 is 2.39 bits per heavy atom. The van der Waals surface area contributed by atoms with Gasteiger partial charge >= 0.3 is 5.97 Å². The average Bonchev–Trinajstić information content (AvgIpc) is 3.10. The molecule has 4 aliphatic rings. The SMILES string of the molecule is C=C(C)OC1C[C@@]2(C)[C@@H](C[C@@H](O)[C@H]3[C@@]4(C)CC[C@@H](C)[C@H](C)[C@@H]4CC[C@@]32C)/C1=C(\CCC=C(C)C)C(=O)OC. The number of aliphatic hydroxyl groups is 1. The Hall–Kier alpha value is -1.55. The van der Waals surface area contributed by atoms with Gasteiger partial charge in [-0.05, 0) is 124 Å². The van der Waals surface area contributed by atoms with Gasteiger partial charge in [-0.15, -0.1) is 0 Å². The lowest BCUT2D eigenvalue weighted by atomic mass is 9.36. The summed E-state index contributed by atoms with van der Waals surface area (Å²) in [6.45, 7) is 22.5. The molecule has 0 radical (unpaired) electrons. The zero-order valence-electron chi connectivity index (χ0n) is 25.7. The summed E-state index contributed by atoms with van der Waals surface area (Å²) in [5.41, 5.74) is 3.08. The van der Waals surface area contributed by atoms with E-state index in [1.165, 1.54) is 31.9 Å². The van der Waals surface area contributed by atoms with Crippen LogP contribution in [0.25, 0.3) is 0 Å². The van der Waals surface area contributed by atoms with Crippen molar-refractivity contribution in [3.63, 3.8) is 0 Å². The first-order valence-corrected chi connectivity index (χ1v) is 15.2. The van der Waals surface area contributed by atoms with E-state index in [1.807, 2.05) is 6.92 Å². The molecule has 4 nitrogen and oxygen atoms in total. The molecule has 10 atom stereocenters. The molecule has 0 aliphatic heterocycles. The second kappa shape index (κ2) is 10.5. The van der Waals surface area contributed by atoms with Crippen LogP contribution in [-0.2, 0) is 14.3 Å². The van der Waals surface area contributed by atoms with Crippen LogP contribution in [-0.4, -0.2) is 30.4 Å². The number of carbonyl (C=O) groups is 1. The quantitative estimate of drug-likeness (QED) is 0.165. The Bertz CT molecular complexity index is 1000. The second-order valence-corrected chi connectivity index (χ2v) is 14.5. The molecule has 4 saturated carbocycles. The molecule has 0 saturated heterocycles. The van der Waals surface area contributed by atoms with Crippen LogP contribution in [0.4, 0.5) is 0 Å². The molecule has 1 N–H and O–H groups in total. The topological polar surface area (TPSA) is 55.8 Å². The lowest BCUT2D eigenvalue weighted by molar-refractivity contribution is -0.229. The van der Waals surface area contributed by atoms with Crippen LogP contribution < -0.4 is 0 Å². The van der Waals surface area contributed by atoms with Crippen molar-refractivity contribution in [1.82, 2.24) is 0 Å². The molecule has 0 bridgehead atoms. The molecular formula is C34H54O4. The van der Waals surface area contributed by atoms with Gasteiger partial charge in [0.15, 0.2) is 0 Å². The normalized spacial score (nSPS) is 45.3. The molecule has 0 aromatic carbocycles. The summed E-state index contributed by atoms with van der Waals surface area (Å²) >= 11 is 0. The van der Waals surface area contributed by atoms with Crippen molar-refractivity contribution in [3.8, 4) is 0 Å². The van der Waals surface area contributed by atoms with Crippen molar-refractivity contribution >= 4 is 5.97 Å². The Labute approximate surface area is 232 Å². The molecule has 38 heavy (non-hydrogen) atoms. The Kier molecular flexibility index (Phi) is 8.09. The van der Waals surface area contributed by atoms with Crippen molar-refractivity contribution in [1.29, 1.82) is 0 Å². The van der Waals surface area contributed by atoms with Gasteiger partial charge in [-0.1, -0.05) is 52.8 Å². The highest BCUT2D eigenvalue weighted by Gasteiger charge is 2.70. The molecule has 4 heteroatoms. The lowest BCUT2D eigenvalue weighted by Gasteiger charge is -2.69. The minimum atomic E-state index is -0.387. The van der Waals surface area contributed by atoms with Gasteiger partial charge in [0.1, 0.15) is 6.10 Å². The first-order valence-electron chi connectivity index (χ1n) is 15.2. The Morgan fingerprint density at radius 1 is 1.11 bits per heavy atom. The largest absolute Gasteiger partial charge is 0.491 e. The highest BCUT2D eigenvalue weighted by atomic mass is 16.5. The molecule has 0 aromatic heterocycles. The molecule has 1 unspecified atom stereocenters. The van der Waals surface area contributed by atoms with E-state index in [0.717, 1.165) is 36.3 Å². The number of carbonyl (C=O) groups excluding carboxylic acids is 1. The molecule has 4 fully saturated rings. The number of ether oxygens (including phenoxy) is 2. The summed E-state index contributed by atoms with van der Waals surface area (Å²) < 4.78 is 11.8. The number of fused-ring (bicyclic) bond motifs is 5. The maximum Gasteiger partial charge on any atom is 0.333 e. The highest BCUT2D eigenvalue weighted by Crippen LogP contribution is 2.74. The van der Waals surface area contributed by atoms with Crippen LogP contribution in [0.2, 0.25) is 0 Å². The monoisotopic (exact) mass is 526 g/mol. The third-order valence-electron chi connectivity index (χ3n) is 12.2. The summed E-state index contributed by atoms with van der Waals surface area (Å²) in [5, 5.41) is 12.1. The number of methoxy groups -OCH3 is 1. The number of esters is 1. The fraction of sp³-hybridized carbons (Fsp3) is 0.794. The Balaban J connectivity index is 1.84. The maximum atomic E-state index is 13.3. The van der Waals surface area contributed by atoms with Gasteiger partial charge in [0.05, 0.1) is 19.0 Å². The van der Waals surface area contributed by atoms with Crippen molar-refractivity contribution in [2.75, 3.05) is 7.11 Å².